The van der Waals surface area contributed by atoms with Crippen molar-refractivity contribution >= 4 is 17.6 Å². The van der Waals surface area contributed by atoms with Gasteiger partial charge in [0.05, 0.1) is 31.1 Å². The van der Waals surface area contributed by atoms with E-state index < -0.39 is 18.0 Å². The molecule has 1 amide bonds. The molecule has 2 aromatic carbocycles. The Labute approximate surface area is 165 Å². The van der Waals surface area contributed by atoms with Gasteiger partial charge in [-0.1, -0.05) is 18.2 Å². The molecular weight excluding hydrogens is 358 g/mol. The van der Waals surface area contributed by atoms with Crippen molar-refractivity contribution in [3.8, 4) is 5.75 Å². The van der Waals surface area contributed by atoms with Crippen molar-refractivity contribution in [2.45, 2.75) is 46.5 Å². The number of ether oxygens (including phenoxy) is 3. The summed E-state index contributed by atoms with van der Waals surface area (Å²) >= 11 is 0. The summed E-state index contributed by atoms with van der Waals surface area (Å²) in [7, 11) is 1.53. The number of esters is 1. The van der Waals surface area contributed by atoms with Crippen LogP contribution < -0.4 is 10.1 Å². The van der Waals surface area contributed by atoms with E-state index in [-0.39, 0.29) is 6.10 Å². The molecule has 0 fully saturated rings. The second-order valence-corrected chi connectivity index (χ2v) is 6.80. The zero-order valence-electron chi connectivity index (χ0n) is 16.9. The molecule has 0 bridgehead atoms. The lowest BCUT2D eigenvalue weighted by atomic mass is 10.1. The van der Waals surface area contributed by atoms with E-state index in [1.807, 2.05) is 26.8 Å². The summed E-state index contributed by atoms with van der Waals surface area (Å²) in [6.07, 6.45) is -0.822. The van der Waals surface area contributed by atoms with Crippen molar-refractivity contribution in [1.82, 2.24) is 0 Å². The number of amides is 1. The predicted molar refractivity (Wildman–Crippen MR) is 108 cm³/mol. The lowest BCUT2D eigenvalue weighted by molar-refractivity contribution is -0.123. The Morgan fingerprint density at radius 3 is 2.32 bits per heavy atom. The smallest absolute Gasteiger partial charge is 0.338 e. The summed E-state index contributed by atoms with van der Waals surface area (Å²) in [6, 6.07) is 12.4. The SMILES string of the molecule is COc1ccc(C)cc1NC(=O)[C@@H](C)OC(=O)c1ccc(COC(C)C)cc1. The average molecular weight is 385 g/mol. The van der Waals surface area contributed by atoms with E-state index in [0.717, 1.165) is 11.1 Å². The molecule has 2 aromatic rings. The number of methoxy groups -OCH3 is 1. The van der Waals surface area contributed by atoms with Crippen LogP contribution in [0.15, 0.2) is 42.5 Å². The van der Waals surface area contributed by atoms with Crippen LogP contribution in [0.25, 0.3) is 0 Å². The summed E-state index contributed by atoms with van der Waals surface area (Å²) < 4.78 is 16.1. The Kier molecular flexibility index (Phi) is 7.58. The predicted octanol–water partition coefficient (Wildman–Crippen LogP) is 4.11. The first-order valence-corrected chi connectivity index (χ1v) is 9.17. The highest BCUT2D eigenvalue weighted by atomic mass is 16.5. The summed E-state index contributed by atoms with van der Waals surface area (Å²) in [5.41, 5.74) is 2.84. The Balaban J connectivity index is 1.96. The second kappa shape index (κ2) is 9.90. The molecule has 28 heavy (non-hydrogen) atoms. The maximum atomic E-state index is 12.4. The van der Waals surface area contributed by atoms with E-state index >= 15 is 0 Å². The van der Waals surface area contributed by atoms with Gasteiger partial charge in [0.2, 0.25) is 0 Å². The molecule has 0 spiro atoms. The number of carbonyl (C=O) groups is 2. The van der Waals surface area contributed by atoms with Crippen molar-refractivity contribution < 1.29 is 23.8 Å². The average Bonchev–Trinajstić information content (AvgIpc) is 2.66. The van der Waals surface area contributed by atoms with Crippen LogP contribution in [-0.2, 0) is 20.9 Å². The third kappa shape index (κ3) is 6.09. The molecule has 0 aliphatic heterocycles. The standard InChI is InChI=1S/C22H27NO5/c1-14(2)27-13-17-7-9-18(10-8-17)22(25)28-16(4)21(24)23-19-12-15(3)6-11-20(19)26-5/h6-12,14,16H,13H2,1-5H3,(H,23,24)/t16-/m1/s1. The highest BCUT2D eigenvalue weighted by Gasteiger charge is 2.20. The van der Waals surface area contributed by atoms with E-state index in [1.54, 1.807) is 36.4 Å². The van der Waals surface area contributed by atoms with Crippen molar-refractivity contribution in [3.05, 3.63) is 59.2 Å². The van der Waals surface area contributed by atoms with Gasteiger partial charge in [-0.3, -0.25) is 4.79 Å². The topological polar surface area (TPSA) is 73.9 Å². The molecule has 1 N–H and O–H groups in total. The monoisotopic (exact) mass is 385 g/mol. The fourth-order valence-corrected chi connectivity index (χ4v) is 2.44. The fourth-order valence-electron chi connectivity index (χ4n) is 2.44. The third-order valence-corrected chi connectivity index (χ3v) is 4.04. The van der Waals surface area contributed by atoms with E-state index in [2.05, 4.69) is 5.32 Å². The number of hydrogen-bond donors (Lipinski definition) is 1. The summed E-state index contributed by atoms with van der Waals surface area (Å²) in [5, 5.41) is 2.74. The van der Waals surface area contributed by atoms with Crippen molar-refractivity contribution in [2.75, 3.05) is 12.4 Å². The van der Waals surface area contributed by atoms with E-state index in [4.69, 9.17) is 14.2 Å². The van der Waals surface area contributed by atoms with Gasteiger partial charge >= 0.3 is 5.97 Å². The molecule has 2 rings (SSSR count). The van der Waals surface area contributed by atoms with E-state index in [9.17, 15) is 9.59 Å². The van der Waals surface area contributed by atoms with Gasteiger partial charge in [0.25, 0.3) is 5.91 Å². The van der Waals surface area contributed by atoms with Crippen LogP contribution in [0.2, 0.25) is 0 Å². The molecule has 0 aliphatic carbocycles. The molecule has 6 nitrogen and oxygen atoms in total. The van der Waals surface area contributed by atoms with Gasteiger partial charge in [0.1, 0.15) is 5.75 Å². The Hall–Kier alpha value is -2.86. The minimum Gasteiger partial charge on any atom is -0.495 e. The minimum absolute atomic E-state index is 0.135. The third-order valence-electron chi connectivity index (χ3n) is 4.04. The largest absolute Gasteiger partial charge is 0.495 e. The fraction of sp³-hybridized carbons (Fsp3) is 0.364. The summed E-state index contributed by atoms with van der Waals surface area (Å²) in [5.74, 6) is -0.453. The lowest BCUT2D eigenvalue weighted by Gasteiger charge is -2.16. The number of rotatable bonds is 8. The van der Waals surface area contributed by atoms with E-state index in [0.29, 0.717) is 23.6 Å². The molecule has 6 heteroatoms. The van der Waals surface area contributed by atoms with Gasteiger partial charge < -0.3 is 19.5 Å². The molecule has 0 heterocycles. The highest BCUT2D eigenvalue weighted by molar-refractivity contribution is 5.98. The molecule has 150 valence electrons. The highest BCUT2D eigenvalue weighted by Crippen LogP contribution is 2.25. The number of nitrogens with one attached hydrogen (secondary N) is 1. The van der Waals surface area contributed by atoms with Crippen molar-refractivity contribution in [2.24, 2.45) is 0 Å². The molecule has 0 unspecified atom stereocenters. The first-order valence-electron chi connectivity index (χ1n) is 9.17. The molecule has 0 saturated carbocycles. The summed E-state index contributed by atoms with van der Waals surface area (Å²) in [4.78, 5) is 24.7. The molecule has 0 aromatic heterocycles. The van der Waals surface area contributed by atoms with Crippen LogP contribution in [0.3, 0.4) is 0 Å². The van der Waals surface area contributed by atoms with Crippen molar-refractivity contribution in [3.63, 3.8) is 0 Å². The molecule has 1 atom stereocenters. The van der Waals surface area contributed by atoms with Gasteiger partial charge in [0.15, 0.2) is 6.10 Å². The van der Waals surface area contributed by atoms with Gasteiger partial charge in [-0.2, -0.15) is 0 Å². The number of aryl methyl sites for hydroxylation is 1. The van der Waals surface area contributed by atoms with Crippen LogP contribution in [0.1, 0.15) is 42.3 Å². The van der Waals surface area contributed by atoms with Crippen LogP contribution in [0, 0.1) is 6.92 Å². The second-order valence-electron chi connectivity index (χ2n) is 6.80. The zero-order chi connectivity index (χ0) is 20.7. The van der Waals surface area contributed by atoms with Crippen LogP contribution in [0.4, 0.5) is 5.69 Å². The molecule has 0 aliphatic rings. The van der Waals surface area contributed by atoms with Crippen LogP contribution >= 0.6 is 0 Å². The number of carbonyl (C=O) groups excluding carboxylic acids is 2. The number of benzene rings is 2. The Bertz CT molecular complexity index is 814. The normalized spacial score (nSPS) is 11.8. The number of hydrogen-bond acceptors (Lipinski definition) is 5. The first-order chi connectivity index (χ1) is 13.3. The van der Waals surface area contributed by atoms with Gasteiger partial charge in [-0.15, -0.1) is 0 Å². The van der Waals surface area contributed by atoms with Crippen LogP contribution in [0.5, 0.6) is 5.75 Å². The van der Waals surface area contributed by atoms with Crippen LogP contribution in [-0.4, -0.2) is 31.2 Å². The zero-order valence-corrected chi connectivity index (χ0v) is 16.9. The van der Waals surface area contributed by atoms with Gasteiger partial charge in [0, 0.05) is 0 Å². The first kappa shape index (κ1) is 21.4. The molecule has 0 radical (unpaired) electrons. The molecular formula is C22H27NO5. The Morgan fingerprint density at radius 2 is 1.71 bits per heavy atom. The van der Waals surface area contributed by atoms with E-state index in [1.165, 1.54) is 14.0 Å². The van der Waals surface area contributed by atoms with Crippen molar-refractivity contribution in [1.29, 1.82) is 0 Å². The maximum Gasteiger partial charge on any atom is 0.338 e. The van der Waals surface area contributed by atoms with Gasteiger partial charge in [-0.05, 0) is 63.1 Å². The van der Waals surface area contributed by atoms with Gasteiger partial charge in [-0.25, -0.2) is 4.79 Å². The summed E-state index contributed by atoms with van der Waals surface area (Å²) in [6.45, 7) is 7.84. The minimum atomic E-state index is -0.957. The maximum absolute atomic E-state index is 12.4. The number of anilines is 1. The lowest BCUT2D eigenvalue weighted by Crippen LogP contribution is -2.30. The molecule has 0 saturated heterocycles. The quantitative estimate of drug-likeness (QED) is 0.692. The Morgan fingerprint density at radius 1 is 1.04 bits per heavy atom.